The standard InChI is InChI=1S/C14H26N2O3/c1-5-10(3)12(13(17)18)15-14(19)16-8-9(2)6-7-11(16)4/h9-12H,5-8H2,1-4H3,(H,15,19)(H,17,18)/t9?,10?,11?,12-/m0/s1. The second kappa shape index (κ2) is 6.78. The van der Waals surface area contributed by atoms with Crippen LogP contribution in [0.25, 0.3) is 0 Å². The van der Waals surface area contributed by atoms with Crippen molar-refractivity contribution in [3.05, 3.63) is 0 Å². The number of amides is 2. The summed E-state index contributed by atoms with van der Waals surface area (Å²) in [7, 11) is 0. The molecule has 1 heterocycles. The number of carbonyl (C=O) groups excluding carboxylic acids is 1. The molecule has 0 spiro atoms. The van der Waals surface area contributed by atoms with Gasteiger partial charge in [0.25, 0.3) is 0 Å². The van der Waals surface area contributed by atoms with E-state index in [0.717, 1.165) is 19.3 Å². The summed E-state index contributed by atoms with van der Waals surface area (Å²) >= 11 is 0. The minimum absolute atomic E-state index is 0.0704. The average Bonchev–Trinajstić information content (AvgIpc) is 2.37. The number of urea groups is 1. The van der Waals surface area contributed by atoms with E-state index < -0.39 is 12.0 Å². The van der Waals surface area contributed by atoms with Crippen LogP contribution < -0.4 is 5.32 Å². The quantitative estimate of drug-likeness (QED) is 0.823. The minimum Gasteiger partial charge on any atom is -0.480 e. The first kappa shape index (κ1) is 15.8. The summed E-state index contributed by atoms with van der Waals surface area (Å²) in [6.45, 7) is 8.62. The Balaban J connectivity index is 2.68. The Hall–Kier alpha value is -1.26. The lowest BCUT2D eigenvalue weighted by Crippen LogP contribution is -2.55. The fourth-order valence-corrected chi connectivity index (χ4v) is 2.47. The Labute approximate surface area is 115 Å². The Bertz CT molecular complexity index is 333. The molecule has 4 atom stereocenters. The lowest BCUT2D eigenvalue weighted by Gasteiger charge is -2.37. The summed E-state index contributed by atoms with van der Waals surface area (Å²) in [5, 5.41) is 11.9. The lowest BCUT2D eigenvalue weighted by atomic mass is 9.95. The molecule has 3 unspecified atom stereocenters. The van der Waals surface area contributed by atoms with Gasteiger partial charge in [0.1, 0.15) is 6.04 Å². The molecule has 19 heavy (non-hydrogen) atoms. The van der Waals surface area contributed by atoms with Gasteiger partial charge in [-0.2, -0.15) is 0 Å². The maximum atomic E-state index is 12.2. The van der Waals surface area contributed by atoms with Crippen LogP contribution in [0.4, 0.5) is 4.79 Å². The van der Waals surface area contributed by atoms with E-state index in [4.69, 9.17) is 0 Å². The lowest BCUT2D eigenvalue weighted by molar-refractivity contribution is -0.140. The van der Waals surface area contributed by atoms with Crippen molar-refractivity contribution < 1.29 is 14.7 Å². The molecule has 1 aliphatic rings. The first-order valence-electron chi connectivity index (χ1n) is 7.16. The van der Waals surface area contributed by atoms with Gasteiger partial charge in [-0.3, -0.25) is 0 Å². The number of piperidine rings is 1. The number of likely N-dealkylation sites (tertiary alicyclic amines) is 1. The van der Waals surface area contributed by atoms with Gasteiger partial charge in [0.2, 0.25) is 0 Å². The van der Waals surface area contributed by atoms with Crippen LogP contribution in [0.2, 0.25) is 0 Å². The Kier molecular flexibility index (Phi) is 5.63. The number of aliphatic carboxylic acids is 1. The number of nitrogens with one attached hydrogen (secondary N) is 1. The van der Waals surface area contributed by atoms with Gasteiger partial charge in [-0.05, 0) is 31.6 Å². The van der Waals surface area contributed by atoms with Gasteiger partial charge in [0.15, 0.2) is 0 Å². The molecular formula is C14H26N2O3. The van der Waals surface area contributed by atoms with Crippen LogP contribution in [0.15, 0.2) is 0 Å². The number of nitrogens with zero attached hydrogens (tertiary/aromatic N) is 1. The predicted molar refractivity (Wildman–Crippen MR) is 74.0 cm³/mol. The molecule has 2 N–H and O–H groups in total. The third-order valence-electron chi connectivity index (χ3n) is 4.14. The normalized spacial score (nSPS) is 26.6. The smallest absolute Gasteiger partial charge is 0.326 e. The molecule has 2 amide bonds. The van der Waals surface area contributed by atoms with E-state index in [1.807, 2.05) is 20.8 Å². The molecule has 0 radical (unpaired) electrons. The zero-order chi connectivity index (χ0) is 14.6. The van der Waals surface area contributed by atoms with E-state index in [9.17, 15) is 14.7 Å². The summed E-state index contributed by atoms with van der Waals surface area (Å²) in [4.78, 5) is 25.2. The monoisotopic (exact) mass is 270 g/mol. The number of carboxylic acid groups (broad SMARTS) is 1. The van der Waals surface area contributed by atoms with Gasteiger partial charge < -0.3 is 15.3 Å². The van der Waals surface area contributed by atoms with E-state index in [1.54, 1.807) is 4.90 Å². The largest absolute Gasteiger partial charge is 0.480 e. The van der Waals surface area contributed by atoms with Crippen LogP contribution in [0.5, 0.6) is 0 Å². The summed E-state index contributed by atoms with van der Waals surface area (Å²) in [5.41, 5.74) is 0. The van der Waals surface area contributed by atoms with Crippen LogP contribution in [-0.4, -0.2) is 40.6 Å². The SMILES string of the molecule is CCC(C)[C@H](NC(=O)N1CC(C)CCC1C)C(=O)O. The molecule has 1 fully saturated rings. The fourth-order valence-electron chi connectivity index (χ4n) is 2.47. The van der Waals surface area contributed by atoms with Gasteiger partial charge in [0, 0.05) is 12.6 Å². The van der Waals surface area contributed by atoms with E-state index in [2.05, 4.69) is 12.2 Å². The van der Waals surface area contributed by atoms with Gasteiger partial charge in [-0.25, -0.2) is 9.59 Å². The highest BCUT2D eigenvalue weighted by Crippen LogP contribution is 2.21. The number of rotatable bonds is 4. The van der Waals surface area contributed by atoms with Crippen LogP contribution >= 0.6 is 0 Å². The maximum absolute atomic E-state index is 12.2. The van der Waals surface area contributed by atoms with Crippen molar-refractivity contribution in [3.8, 4) is 0 Å². The summed E-state index contributed by atoms with van der Waals surface area (Å²) < 4.78 is 0. The second-order valence-electron chi connectivity index (χ2n) is 5.83. The zero-order valence-electron chi connectivity index (χ0n) is 12.3. The molecule has 110 valence electrons. The summed E-state index contributed by atoms with van der Waals surface area (Å²) in [6.07, 6.45) is 2.83. The van der Waals surface area contributed by atoms with Gasteiger partial charge in [0.05, 0.1) is 0 Å². The van der Waals surface area contributed by atoms with Crippen LogP contribution in [0, 0.1) is 11.8 Å². The molecule has 0 bridgehead atoms. The van der Waals surface area contributed by atoms with Crippen LogP contribution in [0.3, 0.4) is 0 Å². The highest BCUT2D eigenvalue weighted by molar-refractivity contribution is 5.83. The Morgan fingerprint density at radius 2 is 2.00 bits per heavy atom. The molecule has 0 aromatic carbocycles. The third kappa shape index (κ3) is 4.11. The van der Waals surface area contributed by atoms with E-state index in [-0.39, 0.29) is 18.0 Å². The first-order chi connectivity index (χ1) is 8.86. The molecule has 0 saturated carbocycles. The maximum Gasteiger partial charge on any atom is 0.326 e. The highest BCUT2D eigenvalue weighted by Gasteiger charge is 2.31. The molecule has 0 aromatic heterocycles. The Morgan fingerprint density at radius 3 is 2.53 bits per heavy atom. The predicted octanol–water partition coefficient (Wildman–Crippen LogP) is 2.32. The number of carboxylic acids is 1. The second-order valence-corrected chi connectivity index (χ2v) is 5.83. The Morgan fingerprint density at radius 1 is 1.37 bits per heavy atom. The van der Waals surface area contributed by atoms with Crippen LogP contribution in [0.1, 0.15) is 47.0 Å². The van der Waals surface area contributed by atoms with Gasteiger partial charge in [-0.1, -0.05) is 27.2 Å². The average molecular weight is 270 g/mol. The highest BCUT2D eigenvalue weighted by atomic mass is 16.4. The molecule has 5 nitrogen and oxygen atoms in total. The first-order valence-corrected chi connectivity index (χ1v) is 7.16. The van der Waals surface area contributed by atoms with Crippen LogP contribution in [-0.2, 0) is 4.79 Å². The summed E-state index contributed by atoms with van der Waals surface area (Å²) in [5.74, 6) is -0.548. The van der Waals surface area contributed by atoms with Crippen molar-refractivity contribution in [1.29, 1.82) is 0 Å². The molecule has 1 aliphatic heterocycles. The third-order valence-corrected chi connectivity index (χ3v) is 4.14. The fraction of sp³-hybridized carbons (Fsp3) is 0.857. The topological polar surface area (TPSA) is 69.6 Å². The molecule has 1 saturated heterocycles. The molecule has 0 aliphatic carbocycles. The molecule has 1 rings (SSSR count). The van der Waals surface area contributed by atoms with Crippen molar-refractivity contribution >= 4 is 12.0 Å². The number of carbonyl (C=O) groups is 2. The minimum atomic E-state index is -0.958. The number of hydrogen-bond acceptors (Lipinski definition) is 2. The van der Waals surface area contributed by atoms with E-state index in [0.29, 0.717) is 12.5 Å². The van der Waals surface area contributed by atoms with Crippen molar-refractivity contribution in [1.82, 2.24) is 10.2 Å². The van der Waals surface area contributed by atoms with Gasteiger partial charge in [-0.15, -0.1) is 0 Å². The van der Waals surface area contributed by atoms with Gasteiger partial charge >= 0.3 is 12.0 Å². The zero-order valence-corrected chi connectivity index (χ0v) is 12.3. The molecule has 5 heteroatoms. The van der Waals surface area contributed by atoms with Crippen molar-refractivity contribution in [2.24, 2.45) is 11.8 Å². The van der Waals surface area contributed by atoms with Crippen molar-refractivity contribution in [3.63, 3.8) is 0 Å². The molecule has 0 aromatic rings. The summed E-state index contributed by atoms with van der Waals surface area (Å²) in [6, 6.07) is -0.865. The van der Waals surface area contributed by atoms with Crippen molar-refractivity contribution in [2.45, 2.75) is 59.0 Å². The van der Waals surface area contributed by atoms with E-state index in [1.165, 1.54) is 0 Å². The van der Waals surface area contributed by atoms with Crippen molar-refractivity contribution in [2.75, 3.05) is 6.54 Å². The molecular weight excluding hydrogens is 244 g/mol. The number of hydrogen-bond donors (Lipinski definition) is 2. The van der Waals surface area contributed by atoms with E-state index >= 15 is 0 Å².